The van der Waals surface area contributed by atoms with Gasteiger partial charge in [-0.25, -0.2) is 33.7 Å². The minimum Gasteiger partial charge on any atom is -0.744 e. The maximum absolute atomic E-state index is 11.1. The molecule has 0 radical (unpaired) electrons. The van der Waals surface area contributed by atoms with Crippen molar-refractivity contribution >= 4 is 164 Å². The van der Waals surface area contributed by atoms with E-state index in [1.54, 1.807) is 48.5 Å². The molecule has 0 saturated carbocycles. The SMILES string of the molecule is O.O=S(=O)([O-])c1ccc(P(c2ccccc2)c2ccc(S(=O)(=O)[O-])cc2)cc1.O=S(=O)([O-])c1ccc(P(c2ccccc2)c2ccc(S(=O)(=O)[O-])cc2)cc1.[Ca+2].[Ca+2]. The summed E-state index contributed by atoms with van der Waals surface area (Å²) in [5.74, 6) is 0. The molecule has 6 rings (SSSR count). The molecule has 0 bridgehead atoms. The summed E-state index contributed by atoms with van der Waals surface area (Å²) in [4.78, 5) is -1.27. The predicted molar refractivity (Wildman–Crippen MR) is 217 cm³/mol. The summed E-state index contributed by atoms with van der Waals surface area (Å²) in [6.07, 6.45) is 0. The molecule has 0 aliphatic heterocycles. The number of benzene rings is 6. The molecule has 13 nitrogen and oxygen atoms in total. The third-order valence-corrected chi connectivity index (χ3v) is 15.8. The Morgan fingerprint density at radius 1 is 0.281 bits per heavy atom. The van der Waals surface area contributed by atoms with Gasteiger partial charge in [0.1, 0.15) is 40.5 Å². The van der Waals surface area contributed by atoms with Gasteiger partial charge in [-0.2, -0.15) is 0 Å². The molecule has 0 aliphatic carbocycles. The third kappa shape index (κ3) is 14.2. The molecule has 0 saturated heterocycles. The van der Waals surface area contributed by atoms with Gasteiger partial charge < -0.3 is 23.7 Å². The van der Waals surface area contributed by atoms with Crippen LogP contribution in [0.1, 0.15) is 0 Å². The van der Waals surface area contributed by atoms with Gasteiger partial charge in [0.2, 0.25) is 0 Å². The van der Waals surface area contributed by atoms with E-state index in [-0.39, 0.29) is 101 Å². The first-order valence-corrected chi connectivity index (χ1v) is 23.6. The van der Waals surface area contributed by atoms with E-state index in [4.69, 9.17) is 0 Å². The van der Waals surface area contributed by atoms with Crippen LogP contribution in [0.5, 0.6) is 0 Å². The van der Waals surface area contributed by atoms with E-state index in [0.29, 0.717) is 0 Å². The molecule has 0 aromatic heterocycles. The van der Waals surface area contributed by atoms with Gasteiger partial charge in [-0.15, -0.1) is 0 Å². The van der Waals surface area contributed by atoms with E-state index in [0.717, 1.165) is 31.8 Å². The van der Waals surface area contributed by atoms with E-state index >= 15 is 0 Å². The molecule has 0 spiro atoms. The fourth-order valence-corrected chi connectivity index (χ4v) is 11.5. The van der Waals surface area contributed by atoms with E-state index in [1.165, 1.54) is 48.5 Å². The summed E-state index contributed by atoms with van der Waals surface area (Å²) < 4.78 is 134. The van der Waals surface area contributed by atoms with Gasteiger partial charge in [-0.05, 0) is 96.2 Å². The molecule has 0 fully saturated rings. The maximum atomic E-state index is 11.1. The minimum atomic E-state index is -4.54. The summed E-state index contributed by atoms with van der Waals surface area (Å²) in [7, 11) is -20.4. The average Bonchev–Trinajstić information content (AvgIpc) is 3.13. The Balaban J connectivity index is 0.000000374. The monoisotopic (exact) mass is 938 g/mol. The van der Waals surface area contributed by atoms with Crippen LogP contribution in [-0.4, -0.2) is 133 Å². The molecule has 57 heavy (non-hydrogen) atoms. The van der Waals surface area contributed by atoms with Crippen molar-refractivity contribution in [3.8, 4) is 0 Å². The number of hydrogen-bond acceptors (Lipinski definition) is 12. The van der Waals surface area contributed by atoms with Crippen molar-refractivity contribution in [3.05, 3.63) is 158 Å². The molecule has 0 atom stereocenters. The molecule has 288 valence electrons. The van der Waals surface area contributed by atoms with Crippen LogP contribution in [0, 0.1) is 0 Å². The second-order valence-corrected chi connectivity index (χ2v) is 21.1. The van der Waals surface area contributed by atoms with Gasteiger partial charge in [0, 0.05) is 0 Å². The van der Waals surface area contributed by atoms with Crippen molar-refractivity contribution in [1.29, 1.82) is 0 Å². The second kappa shape index (κ2) is 21.7. The van der Waals surface area contributed by atoms with E-state index in [9.17, 15) is 51.9 Å². The molecule has 6 aromatic carbocycles. The summed E-state index contributed by atoms with van der Waals surface area (Å²) in [5.41, 5.74) is 0. The van der Waals surface area contributed by atoms with Crippen LogP contribution in [0.15, 0.2) is 177 Å². The Bertz CT molecular complexity index is 2340. The fraction of sp³-hybridized carbons (Fsp3) is 0. The molecule has 0 amide bonds. The van der Waals surface area contributed by atoms with Crippen LogP contribution < -0.4 is 31.8 Å². The van der Waals surface area contributed by atoms with Gasteiger partial charge in [0.15, 0.2) is 0 Å². The quantitative estimate of drug-likeness (QED) is 0.106. The molecule has 0 unspecified atom stereocenters. The summed E-state index contributed by atoms with van der Waals surface area (Å²) in [5, 5.41) is 5.01. The largest absolute Gasteiger partial charge is 2.00 e. The third-order valence-electron chi connectivity index (χ3n) is 7.56. The van der Waals surface area contributed by atoms with Gasteiger partial charge in [0.25, 0.3) is 0 Å². The van der Waals surface area contributed by atoms with Crippen LogP contribution in [0.3, 0.4) is 0 Å². The smallest absolute Gasteiger partial charge is 0.744 e. The summed E-state index contributed by atoms with van der Waals surface area (Å²) in [6.45, 7) is 0. The minimum absolute atomic E-state index is 0. The topological polar surface area (TPSA) is 260 Å². The van der Waals surface area contributed by atoms with Crippen LogP contribution in [-0.2, 0) is 40.5 Å². The zero-order chi connectivity index (χ0) is 39.3. The Labute approximate surface area is 393 Å². The number of hydrogen-bond donors (Lipinski definition) is 0. The molecule has 0 aliphatic rings. The zero-order valence-electron chi connectivity index (χ0n) is 29.4. The molecule has 2 N–H and O–H groups in total. The van der Waals surface area contributed by atoms with E-state index in [1.807, 2.05) is 60.7 Å². The van der Waals surface area contributed by atoms with Crippen molar-refractivity contribution in [2.45, 2.75) is 19.6 Å². The van der Waals surface area contributed by atoms with Gasteiger partial charge in [-0.3, -0.25) is 0 Å². The summed E-state index contributed by atoms with van der Waals surface area (Å²) in [6, 6.07) is 41.4. The van der Waals surface area contributed by atoms with Crippen molar-refractivity contribution in [1.82, 2.24) is 0 Å². The van der Waals surface area contributed by atoms with Crippen molar-refractivity contribution in [2.24, 2.45) is 0 Å². The Kier molecular flexibility index (Phi) is 19.6. The first-order chi connectivity index (χ1) is 25.3. The normalized spacial score (nSPS) is 11.6. The van der Waals surface area contributed by atoms with E-state index < -0.39 is 56.3 Å². The van der Waals surface area contributed by atoms with Crippen LogP contribution >= 0.6 is 15.8 Å². The van der Waals surface area contributed by atoms with Crippen LogP contribution in [0.4, 0.5) is 0 Å². The number of rotatable bonds is 10. The Morgan fingerprint density at radius 2 is 0.439 bits per heavy atom. The average molecular weight is 939 g/mol. The zero-order valence-corrected chi connectivity index (χ0v) is 38.8. The molecule has 0 heterocycles. The molecule has 21 heteroatoms. The fourth-order valence-electron chi connectivity index (χ4n) is 5.10. The van der Waals surface area contributed by atoms with Crippen molar-refractivity contribution in [2.75, 3.05) is 0 Å². The van der Waals surface area contributed by atoms with Crippen molar-refractivity contribution in [3.63, 3.8) is 0 Å². The molecular formula is C36H28Ca2O13P2S4. The van der Waals surface area contributed by atoms with Crippen LogP contribution in [0.2, 0.25) is 0 Å². The second-order valence-electron chi connectivity index (χ2n) is 11.1. The standard InChI is InChI=1S/2C18H15O6PS2.2Ca.H2O/c2*19-26(20,21)17-10-6-15(7-11-17)25(14-4-2-1-3-5-14)16-8-12-18(13-9-16)27(22,23)24;;;/h2*1-13H,(H,19,20,21)(H,22,23,24);;;1H2/q;;2*+2;/p-4. The Morgan fingerprint density at radius 3 is 0.596 bits per heavy atom. The van der Waals surface area contributed by atoms with Crippen molar-refractivity contribution < 1.29 is 57.4 Å². The molecular weight excluding hydrogens is 911 g/mol. The van der Waals surface area contributed by atoms with E-state index in [2.05, 4.69) is 0 Å². The van der Waals surface area contributed by atoms with Gasteiger partial charge in [0.05, 0.1) is 19.6 Å². The van der Waals surface area contributed by atoms with Crippen LogP contribution in [0.25, 0.3) is 0 Å². The van der Waals surface area contributed by atoms with Gasteiger partial charge >= 0.3 is 75.5 Å². The first kappa shape index (κ1) is 51.4. The molecule has 6 aromatic rings. The first-order valence-electron chi connectivity index (χ1n) is 15.3. The maximum Gasteiger partial charge on any atom is 2.00 e. The predicted octanol–water partition coefficient (Wildman–Crippen LogP) is 0.920. The summed E-state index contributed by atoms with van der Waals surface area (Å²) >= 11 is 0. The van der Waals surface area contributed by atoms with Gasteiger partial charge in [-0.1, -0.05) is 109 Å². The Hall–Kier alpha value is -1.70.